The number of rotatable bonds is 6. The summed E-state index contributed by atoms with van der Waals surface area (Å²) in [6.07, 6.45) is 0. The molecule has 0 aliphatic heterocycles. The fourth-order valence-corrected chi connectivity index (χ4v) is 9.53. The number of benzene rings is 10. The lowest BCUT2D eigenvalue weighted by molar-refractivity contribution is 0.669. The van der Waals surface area contributed by atoms with Crippen molar-refractivity contribution in [2.24, 2.45) is 0 Å². The predicted octanol–water partition coefficient (Wildman–Crippen LogP) is 17.0. The summed E-state index contributed by atoms with van der Waals surface area (Å²) < 4.78 is 19.3. The maximum Gasteiger partial charge on any atom is 0.143 e. The number of hydrogen-bond acceptors (Lipinski definition) is 4. The van der Waals surface area contributed by atoms with Gasteiger partial charge in [-0.1, -0.05) is 146 Å². The first kappa shape index (κ1) is 34.5. The summed E-state index contributed by atoms with van der Waals surface area (Å²) in [5.41, 5.74) is 15.1. The highest BCUT2D eigenvalue weighted by Gasteiger charge is 2.19. The number of furan rings is 3. The molecule has 13 rings (SSSR count). The molecule has 0 amide bonds. The molecule has 0 aliphatic rings. The van der Waals surface area contributed by atoms with Crippen molar-refractivity contribution in [2.45, 2.75) is 0 Å². The molecule has 10 aromatic carbocycles. The Hall–Kier alpha value is -8.34. The maximum absolute atomic E-state index is 6.44. The maximum atomic E-state index is 6.44. The summed E-state index contributed by atoms with van der Waals surface area (Å²) in [5, 5.41) is 9.15. The van der Waals surface area contributed by atoms with Crippen LogP contribution in [-0.2, 0) is 0 Å². The van der Waals surface area contributed by atoms with Gasteiger partial charge in [0.2, 0.25) is 0 Å². The number of anilines is 3. The molecule has 4 nitrogen and oxygen atoms in total. The molecule has 0 unspecified atom stereocenters. The number of para-hydroxylation sites is 4. The van der Waals surface area contributed by atoms with Crippen molar-refractivity contribution in [2.75, 3.05) is 4.90 Å². The van der Waals surface area contributed by atoms with Gasteiger partial charge >= 0.3 is 0 Å². The van der Waals surface area contributed by atoms with E-state index in [2.05, 4.69) is 193 Å². The standard InChI is InChI=1S/C58H35NO3/c1-2-13-44-36(10-1)26-33-55-56(44)51-35-40(27-32-54(51)60-55)39-11-7-12-43(34-39)59(41-28-22-37(23-29-41)45-16-8-18-49-47-14-3-5-20-52(47)61-57(45)49)42-30-24-38(25-31-42)46-17-9-19-50-48-15-4-6-21-53(48)62-58(46)50/h1-35H. The molecular formula is C58H35NO3. The van der Waals surface area contributed by atoms with E-state index in [9.17, 15) is 0 Å². The van der Waals surface area contributed by atoms with Gasteiger partial charge in [-0.05, 0) is 99.8 Å². The molecule has 0 saturated carbocycles. The molecule has 0 spiro atoms. The second-order valence-corrected chi connectivity index (χ2v) is 16.0. The minimum Gasteiger partial charge on any atom is -0.456 e. The molecule has 0 atom stereocenters. The summed E-state index contributed by atoms with van der Waals surface area (Å²) in [6.45, 7) is 0. The third-order valence-corrected chi connectivity index (χ3v) is 12.5. The van der Waals surface area contributed by atoms with Gasteiger partial charge in [0.25, 0.3) is 0 Å². The van der Waals surface area contributed by atoms with Crippen molar-refractivity contribution in [1.29, 1.82) is 0 Å². The van der Waals surface area contributed by atoms with Crippen molar-refractivity contribution in [3.8, 4) is 33.4 Å². The zero-order valence-corrected chi connectivity index (χ0v) is 33.4. The van der Waals surface area contributed by atoms with Crippen molar-refractivity contribution in [3.63, 3.8) is 0 Å². The van der Waals surface area contributed by atoms with E-state index in [4.69, 9.17) is 13.3 Å². The van der Waals surface area contributed by atoms with Gasteiger partial charge in [-0.2, -0.15) is 0 Å². The van der Waals surface area contributed by atoms with Crippen molar-refractivity contribution < 1.29 is 13.3 Å². The average molecular weight is 794 g/mol. The molecule has 0 N–H and O–H groups in total. The first-order chi connectivity index (χ1) is 30.7. The van der Waals surface area contributed by atoms with Crippen LogP contribution in [0.2, 0.25) is 0 Å². The molecule has 290 valence electrons. The number of hydrogen-bond donors (Lipinski definition) is 0. The van der Waals surface area contributed by atoms with Crippen LogP contribution in [0.3, 0.4) is 0 Å². The lowest BCUT2D eigenvalue weighted by atomic mass is 9.99. The molecule has 0 aliphatic carbocycles. The Balaban J connectivity index is 0.936. The van der Waals surface area contributed by atoms with E-state index in [0.29, 0.717) is 0 Å². The van der Waals surface area contributed by atoms with E-state index < -0.39 is 0 Å². The van der Waals surface area contributed by atoms with Crippen molar-refractivity contribution >= 4 is 93.7 Å². The third kappa shape index (κ3) is 5.40. The van der Waals surface area contributed by atoms with E-state index in [1.807, 2.05) is 24.3 Å². The van der Waals surface area contributed by atoms with Gasteiger partial charge in [0, 0.05) is 60.5 Å². The van der Waals surface area contributed by atoms with Crippen molar-refractivity contribution in [3.05, 3.63) is 212 Å². The van der Waals surface area contributed by atoms with Crippen molar-refractivity contribution in [1.82, 2.24) is 0 Å². The number of fused-ring (bicyclic) bond motifs is 11. The van der Waals surface area contributed by atoms with Crippen LogP contribution in [0, 0.1) is 0 Å². The Morgan fingerprint density at radius 2 is 0.774 bits per heavy atom. The van der Waals surface area contributed by atoms with Gasteiger partial charge in [-0.25, -0.2) is 0 Å². The lowest BCUT2D eigenvalue weighted by Crippen LogP contribution is -2.10. The van der Waals surface area contributed by atoms with Gasteiger partial charge in [-0.3, -0.25) is 0 Å². The smallest absolute Gasteiger partial charge is 0.143 e. The zero-order valence-electron chi connectivity index (χ0n) is 33.4. The summed E-state index contributed by atoms with van der Waals surface area (Å²) in [5.74, 6) is 0. The molecule has 13 aromatic rings. The van der Waals surface area contributed by atoms with E-state index in [-0.39, 0.29) is 0 Å². The van der Waals surface area contributed by atoms with E-state index in [0.717, 1.165) is 116 Å². The molecule has 62 heavy (non-hydrogen) atoms. The normalized spacial score (nSPS) is 11.9. The molecular weight excluding hydrogens is 759 g/mol. The molecule has 0 saturated heterocycles. The SMILES string of the molecule is c1cc(-c2ccc3oc4ccc5ccccc5c4c3c2)cc(N(c2ccc(-c3cccc4c3oc3ccccc34)cc2)c2ccc(-c3cccc4c3oc3ccccc34)cc2)c1. The van der Waals surface area contributed by atoms with Gasteiger partial charge < -0.3 is 18.2 Å². The second kappa shape index (κ2) is 13.6. The summed E-state index contributed by atoms with van der Waals surface area (Å²) in [7, 11) is 0. The Bertz CT molecular complexity index is 3710. The van der Waals surface area contributed by atoms with Crippen LogP contribution in [0.15, 0.2) is 226 Å². The highest BCUT2D eigenvalue weighted by atomic mass is 16.3. The monoisotopic (exact) mass is 793 g/mol. The fourth-order valence-electron chi connectivity index (χ4n) is 9.53. The highest BCUT2D eigenvalue weighted by molar-refractivity contribution is 6.19. The first-order valence-corrected chi connectivity index (χ1v) is 21.0. The Morgan fingerprint density at radius 3 is 1.42 bits per heavy atom. The van der Waals surface area contributed by atoms with E-state index in [1.54, 1.807) is 0 Å². The third-order valence-electron chi connectivity index (χ3n) is 12.5. The molecule has 3 aromatic heterocycles. The predicted molar refractivity (Wildman–Crippen MR) is 257 cm³/mol. The quantitative estimate of drug-likeness (QED) is 0.168. The van der Waals surface area contributed by atoms with Crippen LogP contribution in [0.25, 0.3) is 110 Å². The summed E-state index contributed by atoms with van der Waals surface area (Å²) >= 11 is 0. The lowest BCUT2D eigenvalue weighted by Gasteiger charge is -2.26. The van der Waals surface area contributed by atoms with Gasteiger partial charge in [0.15, 0.2) is 0 Å². The Labute approximate surface area is 356 Å². The van der Waals surface area contributed by atoms with E-state index >= 15 is 0 Å². The highest BCUT2D eigenvalue weighted by Crippen LogP contribution is 2.43. The molecule has 4 heteroatoms. The molecule has 0 fully saturated rings. The van der Waals surface area contributed by atoms with Crippen LogP contribution in [-0.4, -0.2) is 0 Å². The summed E-state index contributed by atoms with van der Waals surface area (Å²) in [6, 6.07) is 75.0. The summed E-state index contributed by atoms with van der Waals surface area (Å²) in [4.78, 5) is 2.33. The fraction of sp³-hybridized carbons (Fsp3) is 0. The van der Waals surface area contributed by atoms with Crippen LogP contribution in [0.5, 0.6) is 0 Å². The van der Waals surface area contributed by atoms with E-state index in [1.165, 1.54) is 10.8 Å². The van der Waals surface area contributed by atoms with Gasteiger partial charge in [0.1, 0.15) is 33.5 Å². The zero-order chi connectivity index (χ0) is 40.7. The molecule has 0 bridgehead atoms. The minimum absolute atomic E-state index is 0.884. The topological polar surface area (TPSA) is 42.7 Å². The largest absolute Gasteiger partial charge is 0.456 e. The minimum atomic E-state index is 0.884. The molecule has 3 heterocycles. The second-order valence-electron chi connectivity index (χ2n) is 16.0. The molecule has 0 radical (unpaired) electrons. The van der Waals surface area contributed by atoms with Crippen LogP contribution in [0.4, 0.5) is 17.1 Å². The average Bonchev–Trinajstić information content (AvgIpc) is 4.04. The number of nitrogens with zero attached hydrogens (tertiary/aromatic N) is 1. The Kier molecular flexibility index (Phi) is 7.57. The first-order valence-electron chi connectivity index (χ1n) is 21.0. The Morgan fingerprint density at radius 1 is 0.274 bits per heavy atom. The van der Waals surface area contributed by atoms with Gasteiger partial charge in [0.05, 0.1) is 0 Å². The van der Waals surface area contributed by atoms with Crippen LogP contribution >= 0.6 is 0 Å². The van der Waals surface area contributed by atoms with Crippen LogP contribution in [0.1, 0.15) is 0 Å². The van der Waals surface area contributed by atoms with Crippen LogP contribution < -0.4 is 4.90 Å². The van der Waals surface area contributed by atoms with Gasteiger partial charge in [-0.15, -0.1) is 0 Å².